The van der Waals surface area contributed by atoms with Crippen molar-refractivity contribution in [2.75, 3.05) is 0 Å². The van der Waals surface area contributed by atoms with Crippen LogP contribution in [0.2, 0.25) is 0 Å². The van der Waals surface area contributed by atoms with E-state index < -0.39 is 7.77 Å². The van der Waals surface area contributed by atoms with Gasteiger partial charge < -0.3 is 9.13 Å². The minimum atomic E-state index is -1.01. The van der Waals surface area contributed by atoms with Gasteiger partial charge in [-0.2, -0.15) is 0 Å². The monoisotopic (exact) mass is 859 g/mol. The third kappa shape index (κ3) is 4.95. The van der Waals surface area contributed by atoms with Gasteiger partial charge in [0.25, 0.3) is 0 Å². The summed E-state index contributed by atoms with van der Waals surface area (Å²) in [5, 5.41) is 10.1. The number of rotatable bonds is 4. The van der Waals surface area contributed by atoms with Crippen LogP contribution in [0.25, 0.3) is 63.2 Å². The van der Waals surface area contributed by atoms with Gasteiger partial charge in [-0.15, -0.1) is 0 Å². The second-order valence-electron chi connectivity index (χ2n) is 19.8. The van der Waals surface area contributed by atoms with Crippen molar-refractivity contribution < 1.29 is 4.52 Å². The van der Waals surface area contributed by atoms with Gasteiger partial charge >= 0.3 is 7.77 Å². The molecule has 65 heavy (non-hydrogen) atoms. The van der Waals surface area contributed by atoms with E-state index in [9.17, 15) is 0 Å². The molecule has 0 fully saturated rings. The molecular formula is C61H52N2OP+. The third-order valence-electron chi connectivity index (χ3n) is 16.7. The number of aromatic nitrogens is 2. The number of allylic oxidation sites excluding steroid dienone is 15. The minimum absolute atomic E-state index is 0.291. The van der Waals surface area contributed by atoms with Crippen LogP contribution in [0.3, 0.4) is 0 Å². The SMILES string of the molecule is C1=CCC2=[P+](OC3=CCCCC3)c3c(ccc4c3-c3ccc(C5C=c6c7c(n(C8C=CC=CC8)c6=CC5)CCC=C7)cc3C43C4=C(C=CCC4)n4c5c(c6ccccc64)=CCCC=53)C2=C1. The average Bonchev–Trinajstić information content (AvgIpc) is 4.08. The fraction of sp³-hybridized carbons (Fsp3) is 0.262. The van der Waals surface area contributed by atoms with Crippen molar-refractivity contribution in [2.24, 2.45) is 0 Å². The van der Waals surface area contributed by atoms with Gasteiger partial charge in [-0.05, 0) is 128 Å². The standard InChI is InChI=1S/C61H52N2OP/c1-3-16-40(17-4-1)62-53-26-11-8-21-43(53)48-36-38(31-35-55(48)62)39-30-32-47-52(37-39)61(49-24-10-13-28-56(49)63-54-27-12-7-20-42(54)45-23-15-25-51(61)59(45)63)50-34-33-46-44-22-9-14-29-57(44)65(60(46)58(47)50)64-41-18-5-2-6-19-41/h1,3-4,7-9,12-14,16,18,20-23,27-28,30,32-38,40H,2,5-6,10-11,15,17,19,24-26,29,31H2/q+1. The Morgan fingerprint density at radius 3 is 2.58 bits per heavy atom. The number of nitrogens with zero attached hydrogens (tertiary/aromatic N) is 2. The summed E-state index contributed by atoms with van der Waals surface area (Å²) in [6.45, 7) is 0. The largest absolute Gasteiger partial charge is 0.350 e. The quantitative estimate of drug-likeness (QED) is 0.165. The maximum Gasteiger partial charge on any atom is 0.350 e. The first-order valence-electron chi connectivity index (χ1n) is 24.7. The zero-order valence-electron chi connectivity index (χ0n) is 37.0. The van der Waals surface area contributed by atoms with Crippen molar-refractivity contribution in [1.29, 1.82) is 0 Å². The Hall–Kier alpha value is -6.15. The fourth-order valence-corrected chi connectivity index (χ4v) is 16.5. The van der Waals surface area contributed by atoms with E-state index in [1.165, 1.54) is 117 Å². The van der Waals surface area contributed by atoms with E-state index in [0.29, 0.717) is 12.0 Å². The van der Waals surface area contributed by atoms with Crippen LogP contribution in [0, 0.1) is 0 Å². The summed E-state index contributed by atoms with van der Waals surface area (Å²) in [4.78, 5) is 0. The first-order chi connectivity index (χ1) is 32.3. The summed E-state index contributed by atoms with van der Waals surface area (Å²) in [6, 6.07) is 22.5. The van der Waals surface area contributed by atoms with Crippen LogP contribution in [-0.4, -0.2) is 14.4 Å². The van der Waals surface area contributed by atoms with Crippen LogP contribution >= 0.6 is 7.77 Å². The molecule has 316 valence electrons. The second kappa shape index (κ2) is 13.9. The molecular weight excluding hydrogens is 808 g/mol. The normalized spacial score (nSPS) is 25.1. The maximum absolute atomic E-state index is 7.44. The fourth-order valence-electron chi connectivity index (χ4n) is 14.1. The lowest BCUT2D eigenvalue weighted by molar-refractivity contribution is 0.431. The Morgan fingerprint density at radius 2 is 1.65 bits per heavy atom. The first kappa shape index (κ1) is 37.1. The van der Waals surface area contributed by atoms with E-state index in [0.717, 1.165) is 70.6 Å². The average molecular weight is 860 g/mol. The predicted octanol–water partition coefficient (Wildman–Crippen LogP) is 11.5. The van der Waals surface area contributed by atoms with Gasteiger partial charge in [-0.1, -0.05) is 121 Å². The molecule has 0 radical (unpaired) electrons. The highest BCUT2D eigenvalue weighted by molar-refractivity contribution is 7.65. The lowest BCUT2D eigenvalue weighted by Gasteiger charge is -2.43. The van der Waals surface area contributed by atoms with Crippen LogP contribution in [-0.2, 0) is 16.4 Å². The van der Waals surface area contributed by atoms with Gasteiger partial charge in [-0.25, -0.2) is 0 Å². The summed E-state index contributed by atoms with van der Waals surface area (Å²) in [5.74, 6) is 1.51. The number of fused-ring (bicyclic) bond motifs is 18. The summed E-state index contributed by atoms with van der Waals surface area (Å²) >= 11 is 0. The second-order valence-corrected chi connectivity index (χ2v) is 21.6. The summed E-state index contributed by atoms with van der Waals surface area (Å²) in [5.41, 5.74) is 18.7. The molecule has 4 atom stereocenters. The van der Waals surface area contributed by atoms with Crippen LogP contribution in [0.4, 0.5) is 0 Å². The Labute approximate surface area is 381 Å². The van der Waals surface area contributed by atoms with Gasteiger partial charge in [0.1, 0.15) is 0 Å². The lowest BCUT2D eigenvalue weighted by Crippen LogP contribution is -2.46. The Kier molecular flexibility index (Phi) is 7.95. The Balaban J connectivity index is 1.02. The molecule has 0 saturated heterocycles. The van der Waals surface area contributed by atoms with Crippen LogP contribution < -0.4 is 26.4 Å². The Bertz CT molecular complexity index is 3620. The van der Waals surface area contributed by atoms with E-state index in [1.807, 2.05) is 0 Å². The highest BCUT2D eigenvalue weighted by Crippen LogP contribution is 2.64. The van der Waals surface area contributed by atoms with E-state index in [1.54, 1.807) is 11.1 Å². The van der Waals surface area contributed by atoms with Crippen molar-refractivity contribution >= 4 is 70.4 Å². The smallest absolute Gasteiger partial charge is 0.337 e. The molecule has 4 heteroatoms. The van der Waals surface area contributed by atoms with Crippen molar-refractivity contribution in [3.63, 3.8) is 0 Å². The zero-order valence-corrected chi connectivity index (χ0v) is 37.8. The molecule has 2 aliphatic heterocycles. The van der Waals surface area contributed by atoms with Gasteiger partial charge in [0.2, 0.25) is 5.30 Å². The molecule has 10 aliphatic rings. The molecule has 1 spiro atoms. The van der Waals surface area contributed by atoms with E-state index in [4.69, 9.17) is 4.52 Å². The number of hydrogen-bond donors (Lipinski definition) is 0. The minimum Gasteiger partial charge on any atom is -0.337 e. The molecule has 0 saturated carbocycles. The van der Waals surface area contributed by atoms with Crippen LogP contribution in [0.1, 0.15) is 123 Å². The van der Waals surface area contributed by atoms with E-state index in [2.05, 4.69) is 155 Å². The molecule has 5 aromatic rings. The molecule has 15 rings (SSSR count). The first-order valence-corrected chi connectivity index (χ1v) is 25.9. The predicted molar refractivity (Wildman–Crippen MR) is 273 cm³/mol. The number of hydrogen-bond acceptors (Lipinski definition) is 1. The van der Waals surface area contributed by atoms with Crippen molar-refractivity contribution in [3.05, 3.63) is 187 Å². The highest BCUT2D eigenvalue weighted by atomic mass is 31.1. The van der Waals surface area contributed by atoms with E-state index >= 15 is 0 Å². The maximum atomic E-state index is 7.44. The molecule has 0 bridgehead atoms. The molecule has 0 amide bonds. The summed E-state index contributed by atoms with van der Waals surface area (Å²) in [6.07, 6.45) is 50.3. The summed E-state index contributed by atoms with van der Waals surface area (Å²) < 4.78 is 12.8. The zero-order chi connectivity index (χ0) is 42.4. The van der Waals surface area contributed by atoms with Crippen LogP contribution in [0.15, 0.2) is 133 Å². The highest BCUT2D eigenvalue weighted by Gasteiger charge is 2.56. The Morgan fingerprint density at radius 1 is 0.723 bits per heavy atom. The van der Waals surface area contributed by atoms with Gasteiger partial charge in [0.15, 0.2) is 11.1 Å². The van der Waals surface area contributed by atoms with Gasteiger partial charge in [-0.3, -0.25) is 4.52 Å². The number of para-hydroxylation sites is 1. The lowest BCUT2D eigenvalue weighted by atomic mass is 9.61. The summed E-state index contributed by atoms with van der Waals surface area (Å²) in [7, 11) is -1.01. The molecule has 8 aliphatic carbocycles. The van der Waals surface area contributed by atoms with E-state index in [-0.39, 0.29) is 5.41 Å². The molecule has 3 nitrogen and oxygen atoms in total. The molecule has 4 heterocycles. The van der Waals surface area contributed by atoms with Crippen LogP contribution in [0.5, 0.6) is 0 Å². The van der Waals surface area contributed by atoms with Crippen molar-refractivity contribution in [1.82, 2.24) is 9.13 Å². The topological polar surface area (TPSA) is 19.1 Å². The van der Waals surface area contributed by atoms with Gasteiger partial charge in [0.05, 0.1) is 22.3 Å². The molecule has 3 aromatic carbocycles. The van der Waals surface area contributed by atoms with Crippen molar-refractivity contribution in [2.45, 2.75) is 101 Å². The molecule has 2 aromatic heterocycles. The third-order valence-corrected chi connectivity index (χ3v) is 18.9. The molecule has 0 N–H and O–H groups in total. The van der Waals surface area contributed by atoms with Gasteiger partial charge in [0, 0.05) is 73.6 Å². The van der Waals surface area contributed by atoms with Crippen molar-refractivity contribution in [3.8, 4) is 11.1 Å². The number of benzene rings is 3. The molecule has 4 unspecified atom stereocenters.